The van der Waals surface area contributed by atoms with Gasteiger partial charge in [-0.25, -0.2) is 19.6 Å². The van der Waals surface area contributed by atoms with Crippen LogP contribution in [0.5, 0.6) is 0 Å². The maximum atomic E-state index is 12.3. The lowest BCUT2D eigenvalue weighted by Crippen LogP contribution is -2.37. The molecule has 0 N–H and O–H groups in total. The number of hydrogen-bond donors (Lipinski definition) is 0. The number of esters is 1. The molecule has 0 bridgehead atoms. The molecular formula is C15H12N4O7S. The Morgan fingerprint density at radius 3 is 2.63 bits per heavy atom. The summed E-state index contributed by atoms with van der Waals surface area (Å²) in [6.45, 7) is 0.709. The molecule has 3 rings (SSSR count). The van der Waals surface area contributed by atoms with Crippen LogP contribution in [0.4, 0.5) is 10.5 Å². The van der Waals surface area contributed by atoms with E-state index in [0.717, 1.165) is 11.3 Å². The zero-order valence-corrected chi connectivity index (χ0v) is 14.7. The van der Waals surface area contributed by atoms with Crippen molar-refractivity contribution in [1.82, 2.24) is 14.8 Å². The number of ether oxygens (including phenoxy) is 1. The predicted octanol–water partition coefficient (Wildman–Crippen LogP) is 1.06. The van der Waals surface area contributed by atoms with Gasteiger partial charge in [-0.3, -0.25) is 24.5 Å². The van der Waals surface area contributed by atoms with Gasteiger partial charge in [-0.05, 0) is 13.0 Å². The number of hydrogen-bond acceptors (Lipinski definition) is 9. The van der Waals surface area contributed by atoms with Gasteiger partial charge in [0.25, 0.3) is 5.69 Å². The molecule has 0 spiro atoms. The number of urea groups is 1. The van der Waals surface area contributed by atoms with E-state index in [1.165, 1.54) is 18.2 Å². The number of rotatable bonds is 6. The van der Waals surface area contributed by atoms with E-state index in [4.69, 9.17) is 0 Å². The van der Waals surface area contributed by atoms with Crippen LogP contribution in [0, 0.1) is 10.1 Å². The average Bonchev–Trinajstić information content (AvgIpc) is 3.11. The smallest absolute Gasteiger partial charge is 0.335 e. The first kappa shape index (κ1) is 18.4. The van der Waals surface area contributed by atoms with Crippen LogP contribution in [0.25, 0.3) is 10.2 Å². The summed E-state index contributed by atoms with van der Waals surface area (Å²) in [5.74, 6) is -3.00. The summed E-state index contributed by atoms with van der Waals surface area (Å²) in [5, 5.41) is 11.2. The van der Waals surface area contributed by atoms with Crippen molar-refractivity contribution in [2.75, 3.05) is 13.2 Å². The van der Waals surface area contributed by atoms with Crippen molar-refractivity contribution < 1.29 is 28.8 Å². The zero-order valence-electron chi connectivity index (χ0n) is 13.9. The van der Waals surface area contributed by atoms with E-state index in [1.807, 2.05) is 0 Å². The molecule has 1 aliphatic heterocycles. The first-order chi connectivity index (χ1) is 12.8. The van der Waals surface area contributed by atoms with Crippen LogP contribution < -0.4 is 0 Å². The first-order valence-corrected chi connectivity index (χ1v) is 8.50. The molecule has 27 heavy (non-hydrogen) atoms. The number of carbonyl (C=O) groups is 4. The monoisotopic (exact) mass is 392 g/mol. The first-order valence-electron chi connectivity index (χ1n) is 7.68. The van der Waals surface area contributed by atoms with Crippen molar-refractivity contribution in [2.24, 2.45) is 0 Å². The van der Waals surface area contributed by atoms with Gasteiger partial charge in [0.15, 0.2) is 0 Å². The highest BCUT2D eigenvalue weighted by Crippen LogP contribution is 2.28. The third-order valence-corrected chi connectivity index (χ3v) is 4.65. The largest absolute Gasteiger partial charge is 0.465 e. The number of amides is 4. The molecule has 140 valence electrons. The van der Waals surface area contributed by atoms with Crippen molar-refractivity contribution in [1.29, 1.82) is 0 Å². The lowest BCUT2D eigenvalue weighted by atomic mass is 10.3. The molecule has 0 aliphatic carbocycles. The topological polar surface area (TPSA) is 140 Å². The Bertz CT molecular complexity index is 986. The van der Waals surface area contributed by atoms with Crippen LogP contribution in [0.2, 0.25) is 0 Å². The molecule has 2 heterocycles. The Morgan fingerprint density at radius 2 is 1.96 bits per heavy atom. The summed E-state index contributed by atoms with van der Waals surface area (Å²) in [5.41, 5.74) is 0.358. The Kier molecular flexibility index (Phi) is 4.81. The maximum Gasteiger partial charge on any atom is 0.335 e. The van der Waals surface area contributed by atoms with Crippen LogP contribution in [0.15, 0.2) is 18.2 Å². The van der Waals surface area contributed by atoms with E-state index >= 15 is 0 Å². The summed E-state index contributed by atoms with van der Waals surface area (Å²) in [6.07, 6.45) is 0. The molecule has 11 nitrogen and oxygen atoms in total. The molecule has 1 fully saturated rings. The molecule has 1 saturated heterocycles. The Balaban J connectivity index is 1.80. The second-order valence-corrected chi connectivity index (χ2v) is 6.50. The standard InChI is InChI=1S/C15H12N4O7S/c1-2-26-12(20)7-18-14(22)13(21)17(15(18)23)6-11-16-9-4-3-8(19(24)25)5-10(9)27-11/h3-5H,2,6-7H2,1H3. The van der Waals surface area contributed by atoms with Crippen LogP contribution in [-0.2, 0) is 25.7 Å². The summed E-state index contributed by atoms with van der Waals surface area (Å²) < 4.78 is 5.19. The number of benzene rings is 1. The van der Waals surface area contributed by atoms with E-state index in [-0.39, 0.29) is 18.8 Å². The highest BCUT2D eigenvalue weighted by molar-refractivity contribution is 7.18. The van der Waals surface area contributed by atoms with E-state index in [2.05, 4.69) is 9.72 Å². The summed E-state index contributed by atoms with van der Waals surface area (Å²) in [6, 6.07) is 3.15. The minimum Gasteiger partial charge on any atom is -0.465 e. The molecule has 2 aromatic rings. The van der Waals surface area contributed by atoms with E-state index in [9.17, 15) is 29.3 Å². The number of nitro groups is 1. The molecule has 1 aromatic heterocycles. The summed E-state index contributed by atoms with van der Waals surface area (Å²) in [7, 11) is 0. The van der Waals surface area contributed by atoms with Crippen LogP contribution in [0.3, 0.4) is 0 Å². The number of imide groups is 2. The maximum absolute atomic E-state index is 12.3. The summed E-state index contributed by atoms with van der Waals surface area (Å²) in [4.78, 5) is 63.6. The number of fused-ring (bicyclic) bond motifs is 1. The second kappa shape index (κ2) is 7.07. The molecule has 0 atom stereocenters. The van der Waals surface area contributed by atoms with Gasteiger partial charge in [0.2, 0.25) is 0 Å². The van der Waals surface area contributed by atoms with Gasteiger partial charge in [-0.15, -0.1) is 11.3 Å². The minimum absolute atomic E-state index is 0.0740. The molecule has 1 aliphatic rings. The van der Waals surface area contributed by atoms with Gasteiger partial charge >= 0.3 is 23.8 Å². The molecule has 0 unspecified atom stereocenters. The molecule has 0 saturated carbocycles. The second-order valence-electron chi connectivity index (χ2n) is 5.39. The molecule has 1 aromatic carbocycles. The van der Waals surface area contributed by atoms with Crippen molar-refractivity contribution in [3.05, 3.63) is 33.3 Å². The summed E-state index contributed by atoms with van der Waals surface area (Å²) >= 11 is 1.06. The van der Waals surface area contributed by atoms with Gasteiger partial charge < -0.3 is 4.74 Å². The Hall–Kier alpha value is -3.41. The van der Waals surface area contributed by atoms with E-state index in [0.29, 0.717) is 25.0 Å². The number of nitrogens with zero attached hydrogens (tertiary/aromatic N) is 4. The molecular weight excluding hydrogens is 380 g/mol. The van der Waals surface area contributed by atoms with Crippen molar-refractivity contribution >= 4 is 51.1 Å². The van der Waals surface area contributed by atoms with Gasteiger partial charge in [0, 0.05) is 12.1 Å². The van der Waals surface area contributed by atoms with Crippen molar-refractivity contribution in [2.45, 2.75) is 13.5 Å². The number of aromatic nitrogens is 1. The number of thiazole rings is 1. The van der Waals surface area contributed by atoms with Crippen molar-refractivity contribution in [3.63, 3.8) is 0 Å². The zero-order chi connectivity index (χ0) is 19.7. The average molecular weight is 392 g/mol. The van der Waals surface area contributed by atoms with Crippen LogP contribution in [0.1, 0.15) is 11.9 Å². The fourth-order valence-corrected chi connectivity index (χ4v) is 3.43. The lowest BCUT2D eigenvalue weighted by Gasteiger charge is -2.13. The Morgan fingerprint density at radius 1 is 1.26 bits per heavy atom. The van der Waals surface area contributed by atoms with Gasteiger partial charge in [-0.2, -0.15) is 0 Å². The normalized spacial score (nSPS) is 14.3. The van der Waals surface area contributed by atoms with Gasteiger partial charge in [0.05, 0.1) is 28.3 Å². The number of nitro benzene ring substituents is 1. The minimum atomic E-state index is -1.12. The van der Waals surface area contributed by atoms with E-state index in [1.54, 1.807) is 6.92 Å². The molecule has 4 amide bonds. The van der Waals surface area contributed by atoms with Crippen LogP contribution >= 0.6 is 11.3 Å². The Labute approximate surface area is 155 Å². The molecule has 0 radical (unpaired) electrons. The van der Waals surface area contributed by atoms with Crippen LogP contribution in [-0.4, -0.2) is 56.7 Å². The lowest BCUT2D eigenvalue weighted by molar-refractivity contribution is -0.384. The fraction of sp³-hybridized carbons (Fsp3) is 0.267. The third kappa shape index (κ3) is 3.46. The highest BCUT2D eigenvalue weighted by Gasteiger charge is 2.45. The van der Waals surface area contributed by atoms with Crippen molar-refractivity contribution in [3.8, 4) is 0 Å². The predicted molar refractivity (Wildman–Crippen MR) is 90.6 cm³/mol. The SMILES string of the molecule is CCOC(=O)CN1C(=O)C(=O)N(Cc2nc3ccc([N+](=O)[O-])cc3s2)C1=O. The van der Waals surface area contributed by atoms with E-state index < -0.39 is 35.3 Å². The third-order valence-electron chi connectivity index (χ3n) is 3.65. The fourth-order valence-electron chi connectivity index (χ4n) is 2.44. The quantitative estimate of drug-likeness (QED) is 0.234. The van der Waals surface area contributed by atoms with Gasteiger partial charge in [0.1, 0.15) is 11.6 Å². The van der Waals surface area contributed by atoms with Gasteiger partial charge in [-0.1, -0.05) is 0 Å². The molecule has 12 heteroatoms. The number of non-ortho nitro benzene ring substituents is 1. The number of carbonyl (C=O) groups excluding carboxylic acids is 4. The highest BCUT2D eigenvalue weighted by atomic mass is 32.1.